The maximum atomic E-state index is 14.9. The topological polar surface area (TPSA) is 130 Å². The van der Waals surface area contributed by atoms with E-state index in [0.29, 0.717) is 42.8 Å². The summed E-state index contributed by atoms with van der Waals surface area (Å²) in [6.07, 6.45) is 4.59. The van der Waals surface area contributed by atoms with E-state index in [9.17, 15) is 19.5 Å². The summed E-state index contributed by atoms with van der Waals surface area (Å²) in [5.41, 5.74) is -0.176. The van der Waals surface area contributed by atoms with Crippen LogP contribution in [-0.4, -0.2) is 97.2 Å². The number of carbonyl (C=O) groups is 3. The zero-order chi connectivity index (χ0) is 34.2. The van der Waals surface area contributed by atoms with Crippen molar-refractivity contribution in [1.29, 1.82) is 0 Å². The summed E-state index contributed by atoms with van der Waals surface area (Å²) < 4.78 is 14.1. The summed E-state index contributed by atoms with van der Waals surface area (Å²) in [4.78, 5) is 49.0. The molecule has 1 spiro atoms. The Balaban J connectivity index is 1.40. The van der Waals surface area contributed by atoms with Crippen LogP contribution in [0.3, 0.4) is 0 Å². The Morgan fingerprint density at radius 1 is 1.10 bits per heavy atom. The summed E-state index contributed by atoms with van der Waals surface area (Å²) in [7, 11) is 0. The Hall–Kier alpha value is -4.55. The molecular formula is C36H44N6O6. The molecule has 12 nitrogen and oxygen atoms in total. The van der Waals surface area contributed by atoms with Gasteiger partial charge in [-0.05, 0) is 69.5 Å². The molecule has 0 saturated carbocycles. The number of aliphatic hydroxyl groups excluding tert-OH is 1. The third-order valence-corrected chi connectivity index (χ3v) is 10.2. The van der Waals surface area contributed by atoms with Crippen LogP contribution in [0.15, 0.2) is 73.8 Å². The summed E-state index contributed by atoms with van der Waals surface area (Å²) in [6, 6.07) is 13.0. The first kappa shape index (κ1) is 33.4. The van der Waals surface area contributed by atoms with E-state index < -0.39 is 35.1 Å². The molecule has 2 aromatic carbocycles. The molecule has 48 heavy (non-hydrogen) atoms. The van der Waals surface area contributed by atoms with Crippen LogP contribution < -0.4 is 9.64 Å². The molecule has 6 rings (SSSR count). The SMILES string of the molecule is C=CCN(Cn1nnc2ccccc21)C(=O)C1N([C@@H](CC)CO)C(=O)[C@@H]2[C@@H](C(=O)N(CC=C)c3ccc(OCC)cc3)[C@@]3(C)CCC12O3. The predicted octanol–water partition coefficient (Wildman–Crippen LogP) is 3.56. The van der Waals surface area contributed by atoms with Gasteiger partial charge in [0.05, 0.1) is 42.2 Å². The standard InChI is InChI=1S/C36H44N6O6/c1-6-20-39(23-41-28-13-11-10-12-27(28)37-38-41)34(46)31-36-19-18-35(5,48-36)29(30(36)33(45)42(31)24(8-3)22-43)32(44)40(21-7-2)25-14-16-26(17-15-25)47-9-4/h6-7,10-17,24,29-31,43H,1-2,8-9,18-23H2,3-5H3/t24-,29-,30-,31?,35+,36?/m0/s1. The molecular weight excluding hydrogens is 612 g/mol. The van der Waals surface area contributed by atoms with Gasteiger partial charge in [0.1, 0.15) is 29.6 Å². The monoisotopic (exact) mass is 656 g/mol. The highest BCUT2D eigenvalue weighted by atomic mass is 16.5. The van der Waals surface area contributed by atoms with Gasteiger partial charge in [-0.15, -0.1) is 18.3 Å². The molecule has 0 radical (unpaired) electrons. The van der Waals surface area contributed by atoms with Crippen molar-refractivity contribution in [2.75, 3.05) is 31.2 Å². The number of fused-ring (bicyclic) bond motifs is 2. The number of hydrogen-bond donors (Lipinski definition) is 1. The van der Waals surface area contributed by atoms with Crippen molar-refractivity contribution in [2.24, 2.45) is 11.8 Å². The second kappa shape index (κ2) is 13.2. The largest absolute Gasteiger partial charge is 0.494 e. The van der Waals surface area contributed by atoms with Crippen molar-refractivity contribution in [2.45, 2.75) is 70.0 Å². The molecule has 3 aliphatic heterocycles. The average molecular weight is 657 g/mol. The molecule has 1 N–H and O–H groups in total. The van der Waals surface area contributed by atoms with E-state index >= 15 is 0 Å². The predicted molar refractivity (Wildman–Crippen MR) is 180 cm³/mol. The Morgan fingerprint density at radius 3 is 2.50 bits per heavy atom. The van der Waals surface area contributed by atoms with Crippen molar-refractivity contribution in [3.63, 3.8) is 0 Å². The Morgan fingerprint density at radius 2 is 1.83 bits per heavy atom. The van der Waals surface area contributed by atoms with Gasteiger partial charge in [-0.25, -0.2) is 4.68 Å². The number of aliphatic hydroxyl groups is 1. The van der Waals surface area contributed by atoms with Gasteiger partial charge in [0.15, 0.2) is 0 Å². The number of para-hydroxylation sites is 1. The molecule has 2 unspecified atom stereocenters. The van der Waals surface area contributed by atoms with Gasteiger partial charge in [0, 0.05) is 18.8 Å². The maximum Gasteiger partial charge on any atom is 0.250 e. The van der Waals surface area contributed by atoms with E-state index in [1.54, 1.807) is 38.8 Å². The Labute approximate surface area is 280 Å². The van der Waals surface area contributed by atoms with Crippen LogP contribution in [-0.2, 0) is 25.8 Å². The first-order valence-corrected chi connectivity index (χ1v) is 16.6. The summed E-state index contributed by atoms with van der Waals surface area (Å²) >= 11 is 0. The van der Waals surface area contributed by atoms with Gasteiger partial charge in [-0.1, -0.05) is 36.4 Å². The van der Waals surface area contributed by atoms with Crippen LogP contribution in [0.1, 0.15) is 40.0 Å². The van der Waals surface area contributed by atoms with Crippen molar-refractivity contribution in [3.05, 3.63) is 73.8 Å². The molecule has 3 aliphatic rings. The minimum absolute atomic E-state index is 0.0606. The number of likely N-dealkylation sites (tertiary alicyclic amines) is 1. The summed E-state index contributed by atoms with van der Waals surface area (Å²) in [5.74, 6) is -2.10. The van der Waals surface area contributed by atoms with Crippen LogP contribution in [0.2, 0.25) is 0 Å². The van der Waals surface area contributed by atoms with Crippen molar-refractivity contribution >= 4 is 34.4 Å². The smallest absolute Gasteiger partial charge is 0.250 e. The highest BCUT2D eigenvalue weighted by molar-refractivity contribution is 6.03. The molecule has 6 atom stereocenters. The number of aromatic nitrogens is 3. The highest BCUT2D eigenvalue weighted by Crippen LogP contribution is 2.64. The first-order valence-electron chi connectivity index (χ1n) is 16.6. The van der Waals surface area contributed by atoms with Crippen LogP contribution >= 0.6 is 0 Å². The zero-order valence-electron chi connectivity index (χ0n) is 27.8. The molecule has 12 heteroatoms. The van der Waals surface area contributed by atoms with Gasteiger partial charge in [-0.2, -0.15) is 0 Å². The van der Waals surface area contributed by atoms with Crippen molar-refractivity contribution in [1.82, 2.24) is 24.8 Å². The lowest BCUT2D eigenvalue weighted by Crippen LogP contribution is -2.59. The molecule has 3 saturated heterocycles. The fourth-order valence-electron chi connectivity index (χ4n) is 8.06. The van der Waals surface area contributed by atoms with E-state index in [2.05, 4.69) is 23.5 Å². The van der Waals surface area contributed by atoms with Crippen LogP contribution in [0.25, 0.3) is 11.0 Å². The molecule has 0 aliphatic carbocycles. The lowest BCUT2D eigenvalue weighted by Gasteiger charge is -2.39. The minimum atomic E-state index is -1.27. The quantitative estimate of drug-likeness (QED) is 0.261. The molecule has 254 valence electrons. The van der Waals surface area contributed by atoms with E-state index in [1.807, 2.05) is 57.2 Å². The number of carbonyl (C=O) groups excluding carboxylic acids is 3. The summed E-state index contributed by atoms with van der Waals surface area (Å²) in [6.45, 7) is 14.0. The van der Waals surface area contributed by atoms with Gasteiger partial charge >= 0.3 is 0 Å². The fourth-order valence-corrected chi connectivity index (χ4v) is 8.06. The third-order valence-electron chi connectivity index (χ3n) is 10.2. The number of hydrogen-bond acceptors (Lipinski definition) is 8. The number of rotatable bonds is 14. The molecule has 3 fully saturated rings. The van der Waals surface area contributed by atoms with E-state index in [4.69, 9.17) is 9.47 Å². The van der Waals surface area contributed by atoms with Gasteiger partial charge < -0.3 is 29.3 Å². The second-order valence-corrected chi connectivity index (χ2v) is 13.0. The van der Waals surface area contributed by atoms with Gasteiger partial charge in [0.2, 0.25) is 17.7 Å². The molecule has 3 aromatic rings. The normalized spacial score (nSPS) is 26.4. The van der Waals surface area contributed by atoms with Crippen molar-refractivity contribution < 1.29 is 29.0 Å². The van der Waals surface area contributed by atoms with Crippen molar-refractivity contribution in [3.8, 4) is 5.75 Å². The number of amides is 3. The van der Waals surface area contributed by atoms with Crippen LogP contribution in [0.5, 0.6) is 5.75 Å². The third kappa shape index (κ3) is 5.27. The fraction of sp³-hybridized carbons (Fsp3) is 0.472. The maximum absolute atomic E-state index is 14.9. The minimum Gasteiger partial charge on any atom is -0.494 e. The highest BCUT2D eigenvalue weighted by Gasteiger charge is 2.78. The van der Waals surface area contributed by atoms with E-state index in [-0.39, 0.29) is 44.1 Å². The van der Waals surface area contributed by atoms with Crippen LogP contribution in [0, 0.1) is 11.8 Å². The lowest BCUT2D eigenvalue weighted by atomic mass is 9.66. The van der Waals surface area contributed by atoms with Gasteiger partial charge in [0.25, 0.3) is 0 Å². The van der Waals surface area contributed by atoms with E-state index in [1.165, 1.54) is 4.90 Å². The number of anilines is 1. The Bertz CT molecular complexity index is 1700. The number of nitrogens with zero attached hydrogens (tertiary/aromatic N) is 6. The second-order valence-electron chi connectivity index (χ2n) is 13.0. The lowest BCUT2D eigenvalue weighted by molar-refractivity contribution is -0.155. The number of benzene rings is 2. The van der Waals surface area contributed by atoms with E-state index in [0.717, 1.165) is 5.52 Å². The zero-order valence-corrected chi connectivity index (χ0v) is 27.8. The Kier molecular flexibility index (Phi) is 9.14. The molecule has 2 bridgehead atoms. The molecule has 3 amide bonds. The average Bonchev–Trinajstić information content (AvgIpc) is 3.80. The first-order chi connectivity index (χ1) is 23.2. The van der Waals surface area contributed by atoms with Gasteiger partial charge in [-0.3, -0.25) is 14.4 Å². The molecule has 1 aromatic heterocycles. The molecule has 4 heterocycles. The summed E-state index contributed by atoms with van der Waals surface area (Å²) in [5, 5.41) is 19.0. The number of ether oxygens (including phenoxy) is 2. The van der Waals surface area contributed by atoms with Crippen LogP contribution in [0.4, 0.5) is 5.69 Å².